The zero-order valence-electron chi connectivity index (χ0n) is 11.2. The number of hydrogen-bond donors (Lipinski definition) is 1. The smallest absolute Gasteiger partial charge is 0.125 e. The summed E-state index contributed by atoms with van der Waals surface area (Å²) < 4.78 is 11.7. The van der Waals surface area contributed by atoms with Gasteiger partial charge in [-0.25, -0.2) is 0 Å². The highest BCUT2D eigenvalue weighted by atomic mass is 35.5. The third kappa shape index (κ3) is 2.47. The van der Waals surface area contributed by atoms with E-state index in [1.807, 2.05) is 18.2 Å². The fraction of sp³-hybridized carbons (Fsp3) is 0.600. The molecule has 104 valence electrons. The SMILES string of the molecule is COC1CCC2(CC1)CC(N)c1cc(Cl)ccc1O2. The monoisotopic (exact) mass is 281 g/mol. The van der Waals surface area contributed by atoms with Crippen LogP contribution in [0.1, 0.15) is 43.7 Å². The molecule has 1 aromatic carbocycles. The highest BCUT2D eigenvalue weighted by Crippen LogP contribution is 2.46. The van der Waals surface area contributed by atoms with Crippen molar-refractivity contribution in [2.75, 3.05) is 7.11 Å². The van der Waals surface area contributed by atoms with Crippen LogP contribution in [0.3, 0.4) is 0 Å². The van der Waals surface area contributed by atoms with Gasteiger partial charge in [0.15, 0.2) is 0 Å². The number of benzene rings is 1. The molecule has 0 amide bonds. The Hall–Kier alpha value is -0.770. The first-order valence-electron chi connectivity index (χ1n) is 6.89. The third-order valence-electron chi connectivity index (χ3n) is 4.47. The molecule has 0 saturated heterocycles. The number of nitrogens with two attached hydrogens (primary N) is 1. The van der Waals surface area contributed by atoms with E-state index in [-0.39, 0.29) is 11.6 Å². The molecule has 3 rings (SSSR count). The largest absolute Gasteiger partial charge is 0.487 e. The first-order chi connectivity index (χ1) is 9.12. The van der Waals surface area contributed by atoms with Crippen LogP contribution in [-0.2, 0) is 4.74 Å². The van der Waals surface area contributed by atoms with Gasteiger partial charge in [0.1, 0.15) is 11.4 Å². The lowest BCUT2D eigenvalue weighted by Gasteiger charge is -2.45. The summed E-state index contributed by atoms with van der Waals surface area (Å²) in [5, 5.41) is 0.719. The molecule has 2 aliphatic rings. The average molecular weight is 282 g/mol. The first-order valence-corrected chi connectivity index (χ1v) is 7.26. The van der Waals surface area contributed by atoms with Crippen LogP contribution in [0.25, 0.3) is 0 Å². The molecule has 1 spiro atoms. The Morgan fingerprint density at radius 3 is 2.79 bits per heavy atom. The molecular formula is C15H20ClNO2. The second-order valence-corrected chi connectivity index (χ2v) is 6.15. The summed E-state index contributed by atoms with van der Waals surface area (Å²) >= 11 is 6.03. The molecule has 0 bridgehead atoms. The average Bonchev–Trinajstić information content (AvgIpc) is 2.41. The Labute approximate surface area is 119 Å². The Morgan fingerprint density at radius 1 is 1.37 bits per heavy atom. The van der Waals surface area contributed by atoms with Crippen LogP contribution in [0, 0.1) is 0 Å². The minimum Gasteiger partial charge on any atom is -0.487 e. The molecule has 1 unspecified atom stereocenters. The standard InChI is InChI=1S/C15H20ClNO2/c1-18-11-4-6-15(7-5-11)9-13(17)12-8-10(16)2-3-14(12)19-15/h2-3,8,11,13H,4-7,9,17H2,1H3. The van der Waals surface area contributed by atoms with E-state index < -0.39 is 0 Å². The van der Waals surface area contributed by atoms with Gasteiger partial charge in [0, 0.05) is 30.2 Å². The van der Waals surface area contributed by atoms with Crippen LogP contribution in [0.5, 0.6) is 5.75 Å². The summed E-state index contributed by atoms with van der Waals surface area (Å²) in [5.74, 6) is 0.902. The molecule has 0 aromatic heterocycles. The molecule has 4 heteroatoms. The number of rotatable bonds is 1. The van der Waals surface area contributed by atoms with Gasteiger partial charge in [-0.1, -0.05) is 11.6 Å². The molecule has 2 N–H and O–H groups in total. The van der Waals surface area contributed by atoms with Crippen LogP contribution < -0.4 is 10.5 Å². The fourth-order valence-electron chi connectivity index (χ4n) is 3.35. The van der Waals surface area contributed by atoms with Crippen molar-refractivity contribution in [3.8, 4) is 5.75 Å². The quantitative estimate of drug-likeness (QED) is 0.857. The van der Waals surface area contributed by atoms with Gasteiger partial charge < -0.3 is 15.2 Å². The zero-order valence-corrected chi connectivity index (χ0v) is 12.0. The minimum absolute atomic E-state index is 0.0153. The molecule has 1 atom stereocenters. The van der Waals surface area contributed by atoms with Gasteiger partial charge in [0.25, 0.3) is 0 Å². The predicted octanol–water partition coefficient (Wildman–Crippen LogP) is 3.45. The van der Waals surface area contributed by atoms with E-state index in [4.69, 9.17) is 26.8 Å². The molecule has 3 nitrogen and oxygen atoms in total. The number of ether oxygens (including phenoxy) is 2. The minimum atomic E-state index is -0.102. The third-order valence-corrected chi connectivity index (χ3v) is 4.70. The second-order valence-electron chi connectivity index (χ2n) is 5.71. The Balaban J connectivity index is 1.83. The van der Waals surface area contributed by atoms with Crippen LogP contribution in [0.4, 0.5) is 0 Å². The van der Waals surface area contributed by atoms with Gasteiger partial charge >= 0.3 is 0 Å². The molecule has 1 aliphatic heterocycles. The Kier molecular flexibility index (Phi) is 3.46. The maximum absolute atomic E-state index is 6.32. The van der Waals surface area contributed by atoms with Crippen molar-refractivity contribution in [2.24, 2.45) is 5.73 Å². The van der Waals surface area contributed by atoms with Crippen molar-refractivity contribution in [3.63, 3.8) is 0 Å². The lowest BCUT2D eigenvalue weighted by Crippen LogP contribution is -2.46. The second kappa shape index (κ2) is 4.97. The summed E-state index contributed by atoms with van der Waals surface area (Å²) in [7, 11) is 1.79. The maximum atomic E-state index is 6.32. The van der Waals surface area contributed by atoms with Crippen molar-refractivity contribution in [2.45, 2.75) is 49.9 Å². The van der Waals surface area contributed by atoms with E-state index >= 15 is 0 Å². The highest BCUT2D eigenvalue weighted by molar-refractivity contribution is 6.30. The topological polar surface area (TPSA) is 44.5 Å². The van der Waals surface area contributed by atoms with Crippen molar-refractivity contribution in [1.29, 1.82) is 0 Å². The van der Waals surface area contributed by atoms with Crippen LogP contribution in [-0.4, -0.2) is 18.8 Å². The number of hydrogen-bond acceptors (Lipinski definition) is 3. The summed E-state index contributed by atoms with van der Waals surface area (Å²) in [6.07, 6.45) is 5.37. The van der Waals surface area contributed by atoms with E-state index in [1.54, 1.807) is 7.11 Å². The molecule has 1 saturated carbocycles. The number of fused-ring (bicyclic) bond motifs is 1. The summed E-state index contributed by atoms with van der Waals surface area (Å²) in [4.78, 5) is 0. The van der Waals surface area contributed by atoms with Gasteiger partial charge in [0.2, 0.25) is 0 Å². The first kappa shape index (κ1) is 13.2. The Bertz CT molecular complexity index is 469. The summed E-state index contributed by atoms with van der Waals surface area (Å²) in [6, 6.07) is 5.75. The van der Waals surface area contributed by atoms with Gasteiger partial charge in [0.05, 0.1) is 6.10 Å². The van der Waals surface area contributed by atoms with Crippen LogP contribution >= 0.6 is 11.6 Å². The number of halogens is 1. The molecular weight excluding hydrogens is 262 g/mol. The molecule has 1 aliphatic carbocycles. The van der Waals surface area contributed by atoms with Crippen molar-refractivity contribution < 1.29 is 9.47 Å². The lowest BCUT2D eigenvalue weighted by molar-refractivity contribution is -0.0428. The highest BCUT2D eigenvalue weighted by Gasteiger charge is 2.42. The maximum Gasteiger partial charge on any atom is 0.125 e. The van der Waals surface area contributed by atoms with Gasteiger partial charge in [-0.2, -0.15) is 0 Å². The van der Waals surface area contributed by atoms with Crippen LogP contribution in [0.15, 0.2) is 18.2 Å². The van der Waals surface area contributed by atoms with Gasteiger partial charge in [-0.3, -0.25) is 0 Å². The van der Waals surface area contributed by atoms with E-state index in [0.29, 0.717) is 6.10 Å². The molecule has 19 heavy (non-hydrogen) atoms. The van der Waals surface area contributed by atoms with Gasteiger partial charge in [-0.15, -0.1) is 0 Å². The zero-order chi connectivity index (χ0) is 13.5. The van der Waals surface area contributed by atoms with Crippen molar-refractivity contribution >= 4 is 11.6 Å². The summed E-state index contributed by atoms with van der Waals surface area (Å²) in [5.41, 5.74) is 7.25. The van der Waals surface area contributed by atoms with Gasteiger partial charge in [-0.05, 0) is 43.9 Å². The van der Waals surface area contributed by atoms with Crippen molar-refractivity contribution in [3.05, 3.63) is 28.8 Å². The van der Waals surface area contributed by atoms with Crippen molar-refractivity contribution in [1.82, 2.24) is 0 Å². The molecule has 1 fully saturated rings. The molecule has 1 heterocycles. The number of methoxy groups -OCH3 is 1. The summed E-state index contributed by atoms with van der Waals surface area (Å²) in [6.45, 7) is 0. The molecule has 0 radical (unpaired) electrons. The predicted molar refractivity (Wildman–Crippen MR) is 75.6 cm³/mol. The van der Waals surface area contributed by atoms with E-state index in [1.165, 1.54) is 0 Å². The van der Waals surface area contributed by atoms with E-state index in [2.05, 4.69) is 0 Å². The molecule has 1 aromatic rings. The van der Waals surface area contributed by atoms with E-state index in [0.717, 1.165) is 48.4 Å². The Morgan fingerprint density at radius 2 is 2.11 bits per heavy atom. The normalized spacial score (nSPS) is 33.8. The lowest BCUT2D eigenvalue weighted by atomic mass is 9.76. The van der Waals surface area contributed by atoms with Crippen LogP contribution in [0.2, 0.25) is 5.02 Å². The van der Waals surface area contributed by atoms with E-state index in [9.17, 15) is 0 Å². The fourth-order valence-corrected chi connectivity index (χ4v) is 3.53.